The minimum atomic E-state index is -1.08. The van der Waals surface area contributed by atoms with Crippen LogP contribution < -0.4 is 14.2 Å². The van der Waals surface area contributed by atoms with Crippen molar-refractivity contribution in [3.8, 4) is 17.2 Å². The number of carbonyl (C=O) groups is 2. The second-order valence-electron chi connectivity index (χ2n) is 5.78. The molecule has 1 aromatic heterocycles. The third-order valence-electron chi connectivity index (χ3n) is 3.94. The van der Waals surface area contributed by atoms with Crippen LogP contribution in [0.1, 0.15) is 16.1 Å². The fraction of sp³-hybridized carbons (Fsp3) is 0.143. The number of fused-ring (bicyclic) bond motifs is 1. The molecule has 0 saturated carbocycles. The zero-order valence-corrected chi connectivity index (χ0v) is 15.3. The monoisotopic (exact) mass is 382 g/mol. The summed E-state index contributed by atoms with van der Waals surface area (Å²) in [6.45, 7) is -0.473. The van der Waals surface area contributed by atoms with Crippen molar-refractivity contribution in [2.24, 2.45) is 0 Å². The van der Waals surface area contributed by atoms with E-state index in [1.807, 2.05) is 12.1 Å². The summed E-state index contributed by atoms with van der Waals surface area (Å²) >= 11 is 0. The largest absolute Gasteiger partial charge is 0.493 e. The first-order valence-electron chi connectivity index (χ1n) is 8.33. The van der Waals surface area contributed by atoms with Crippen LogP contribution in [0.4, 0.5) is 0 Å². The molecule has 0 spiro atoms. The van der Waals surface area contributed by atoms with Gasteiger partial charge in [-0.3, -0.25) is 4.79 Å². The molecule has 7 heteroatoms. The second-order valence-corrected chi connectivity index (χ2v) is 5.78. The van der Waals surface area contributed by atoms with Gasteiger partial charge in [0, 0.05) is 5.39 Å². The van der Waals surface area contributed by atoms with Crippen molar-refractivity contribution in [1.29, 1.82) is 0 Å². The molecular formula is C21H18O7. The fourth-order valence-electron chi connectivity index (χ4n) is 2.62. The summed E-state index contributed by atoms with van der Waals surface area (Å²) in [5.41, 5.74) is 1.20. The topological polar surface area (TPSA) is 95.2 Å². The Balaban J connectivity index is 1.79. The number of ketones is 1. The average molecular weight is 382 g/mol. The smallest absolute Gasteiger partial charge is 0.341 e. The molecule has 1 N–H and O–H groups in total. The van der Waals surface area contributed by atoms with Crippen molar-refractivity contribution in [1.82, 2.24) is 0 Å². The van der Waals surface area contributed by atoms with E-state index in [1.54, 1.807) is 36.4 Å². The Kier molecular flexibility index (Phi) is 5.64. The minimum Gasteiger partial charge on any atom is -0.493 e. The highest BCUT2D eigenvalue weighted by Crippen LogP contribution is 2.30. The molecule has 0 aliphatic rings. The molecule has 0 fully saturated rings. The number of furan rings is 1. The van der Waals surface area contributed by atoms with Gasteiger partial charge in [0.2, 0.25) is 5.78 Å². The number of rotatable bonds is 8. The molecule has 0 amide bonds. The van der Waals surface area contributed by atoms with E-state index in [0.29, 0.717) is 28.4 Å². The highest BCUT2D eigenvalue weighted by molar-refractivity contribution is 6.07. The van der Waals surface area contributed by atoms with E-state index in [4.69, 9.17) is 23.7 Å². The van der Waals surface area contributed by atoms with E-state index in [-0.39, 0.29) is 11.5 Å². The van der Waals surface area contributed by atoms with Crippen molar-refractivity contribution in [3.05, 3.63) is 59.9 Å². The molecule has 2 aromatic carbocycles. The molecule has 3 aromatic rings. The number of para-hydroxylation sites is 1. The molecule has 144 valence electrons. The molecule has 7 nitrogen and oxygen atoms in total. The summed E-state index contributed by atoms with van der Waals surface area (Å²) < 4.78 is 21.2. The number of carbonyl (C=O) groups excluding carboxylic acids is 1. The third kappa shape index (κ3) is 4.15. The normalized spacial score (nSPS) is 10.9. The number of allylic oxidation sites excluding steroid dienone is 1. The predicted molar refractivity (Wildman–Crippen MR) is 102 cm³/mol. The summed E-state index contributed by atoms with van der Waals surface area (Å²) in [7, 11) is 2.99. The summed E-state index contributed by atoms with van der Waals surface area (Å²) in [6, 6.07) is 12.0. The number of methoxy groups -OCH3 is 2. The quantitative estimate of drug-likeness (QED) is 0.467. The van der Waals surface area contributed by atoms with Crippen LogP contribution in [0.5, 0.6) is 17.2 Å². The SMILES string of the molecule is COc1cc(C=CC(=O)c2cc3cccc(OC)c3o2)ccc1OCC(=O)O. The number of carboxylic acid groups (broad SMARTS) is 1. The second kappa shape index (κ2) is 8.30. The Morgan fingerprint density at radius 2 is 1.82 bits per heavy atom. The van der Waals surface area contributed by atoms with Crippen LogP contribution in [0.3, 0.4) is 0 Å². The van der Waals surface area contributed by atoms with Crippen LogP contribution in [0.15, 0.2) is 53.0 Å². The van der Waals surface area contributed by atoms with Crippen molar-refractivity contribution in [2.75, 3.05) is 20.8 Å². The van der Waals surface area contributed by atoms with Crippen LogP contribution in [0.2, 0.25) is 0 Å². The average Bonchev–Trinajstić information content (AvgIpc) is 3.15. The van der Waals surface area contributed by atoms with Crippen molar-refractivity contribution in [2.45, 2.75) is 0 Å². The maximum absolute atomic E-state index is 12.4. The Morgan fingerprint density at radius 1 is 1.04 bits per heavy atom. The molecular weight excluding hydrogens is 364 g/mol. The van der Waals surface area contributed by atoms with Crippen molar-refractivity contribution >= 4 is 28.8 Å². The van der Waals surface area contributed by atoms with Gasteiger partial charge < -0.3 is 23.7 Å². The van der Waals surface area contributed by atoms with Gasteiger partial charge in [0.1, 0.15) is 0 Å². The molecule has 28 heavy (non-hydrogen) atoms. The maximum atomic E-state index is 12.4. The fourth-order valence-corrected chi connectivity index (χ4v) is 2.62. The highest BCUT2D eigenvalue weighted by Gasteiger charge is 2.13. The van der Waals surface area contributed by atoms with E-state index < -0.39 is 12.6 Å². The number of benzene rings is 2. The molecule has 0 saturated heterocycles. The van der Waals surface area contributed by atoms with Gasteiger partial charge in [-0.05, 0) is 35.9 Å². The van der Waals surface area contributed by atoms with Gasteiger partial charge in [0.25, 0.3) is 0 Å². The van der Waals surface area contributed by atoms with Crippen molar-refractivity contribution < 1.29 is 33.3 Å². The minimum absolute atomic E-state index is 0.198. The molecule has 0 radical (unpaired) electrons. The van der Waals surface area contributed by atoms with Crippen molar-refractivity contribution in [3.63, 3.8) is 0 Å². The van der Waals surface area contributed by atoms with Gasteiger partial charge in [-0.25, -0.2) is 4.79 Å². The predicted octanol–water partition coefficient (Wildman–Crippen LogP) is 3.81. The van der Waals surface area contributed by atoms with Crippen LogP contribution >= 0.6 is 0 Å². The Labute approximate surface area is 160 Å². The number of carboxylic acids is 1. The number of hydrogen-bond acceptors (Lipinski definition) is 6. The van der Waals surface area contributed by atoms with E-state index >= 15 is 0 Å². The number of ether oxygens (including phenoxy) is 3. The summed E-state index contributed by atoms with van der Waals surface area (Å²) in [6.07, 6.45) is 2.99. The summed E-state index contributed by atoms with van der Waals surface area (Å²) in [5.74, 6) is 0.0379. The number of aliphatic carboxylic acids is 1. The Hall–Kier alpha value is -3.74. The first kappa shape index (κ1) is 19.0. The Morgan fingerprint density at radius 3 is 2.54 bits per heavy atom. The van der Waals surface area contributed by atoms with Crippen LogP contribution in [0.25, 0.3) is 17.0 Å². The van der Waals surface area contributed by atoms with Gasteiger partial charge >= 0.3 is 5.97 Å². The molecule has 0 aliphatic heterocycles. The molecule has 0 unspecified atom stereocenters. The lowest BCUT2D eigenvalue weighted by molar-refractivity contribution is -0.139. The van der Waals surface area contributed by atoms with Gasteiger partial charge in [0.05, 0.1) is 14.2 Å². The number of hydrogen-bond donors (Lipinski definition) is 1. The van der Waals surface area contributed by atoms with E-state index in [1.165, 1.54) is 20.3 Å². The summed E-state index contributed by atoms with van der Waals surface area (Å²) in [5, 5.41) is 9.48. The third-order valence-corrected chi connectivity index (χ3v) is 3.94. The first-order chi connectivity index (χ1) is 13.5. The zero-order chi connectivity index (χ0) is 20.1. The maximum Gasteiger partial charge on any atom is 0.341 e. The van der Waals surface area contributed by atoms with Gasteiger partial charge in [-0.15, -0.1) is 0 Å². The standard InChI is InChI=1S/C21H18O7/c1-25-17-5-3-4-14-11-18(28-21(14)17)15(22)8-6-13-7-9-16(19(10-13)26-2)27-12-20(23)24/h3-11H,12H2,1-2H3,(H,23,24). The molecule has 0 aliphatic carbocycles. The summed E-state index contributed by atoms with van der Waals surface area (Å²) in [4.78, 5) is 23.1. The lowest BCUT2D eigenvalue weighted by Gasteiger charge is -2.09. The molecule has 1 heterocycles. The lowest BCUT2D eigenvalue weighted by atomic mass is 10.1. The van der Waals surface area contributed by atoms with Crippen LogP contribution in [0, 0.1) is 0 Å². The highest BCUT2D eigenvalue weighted by atomic mass is 16.5. The van der Waals surface area contributed by atoms with Gasteiger partial charge in [-0.2, -0.15) is 0 Å². The van der Waals surface area contributed by atoms with E-state index in [0.717, 1.165) is 5.39 Å². The van der Waals surface area contributed by atoms with E-state index in [2.05, 4.69) is 0 Å². The van der Waals surface area contributed by atoms with E-state index in [9.17, 15) is 9.59 Å². The molecule has 0 atom stereocenters. The first-order valence-corrected chi connectivity index (χ1v) is 8.33. The van der Waals surface area contributed by atoms with Crippen LogP contribution in [-0.4, -0.2) is 37.7 Å². The van der Waals surface area contributed by atoms with Crippen LogP contribution in [-0.2, 0) is 4.79 Å². The Bertz CT molecular complexity index is 1050. The molecule has 0 bridgehead atoms. The molecule has 3 rings (SSSR count). The van der Waals surface area contributed by atoms with Gasteiger partial charge in [-0.1, -0.05) is 24.3 Å². The zero-order valence-electron chi connectivity index (χ0n) is 15.3. The van der Waals surface area contributed by atoms with Gasteiger partial charge in [0.15, 0.2) is 35.2 Å². The lowest BCUT2D eigenvalue weighted by Crippen LogP contribution is -2.10.